The van der Waals surface area contributed by atoms with Crippen LogP contribution < -0.4 is 4.74 Å². The Hall–Kier alpha value is -1.56. The van der Waals surface area contributed by atoms with Crippen LogP contribution in [0.5, 0.6) is 5.75 Å². The summed E-state index contributed by atoms with van der Waals surface area (Å²) in [4.78, 5) is 3.98. The molecule has 1 aliphatic carbocycles. The van der Waals surface area contributed by atoms with E-state index < -0.39 is 0 Å². The smallest absolute Gasteiger partial charge is 0.155 e. The standard InChI is InChI=1S/C13H16N2O/c14-8-12-6-7-15-9-13(12)16-10-11-4-2-1-3-5-11/h6-7,9,11H,1-5,10H2. The van der Waals surface area contributed by atoms with Crippen molar-refractivity contribution in [1.82, 2.24) is 4.98 Å². The molecule has 0 saturated heterocycles. The second-order valence-electron chi connectivity index (χ2n) is 4.30. The maximum atomic E-state index is 8.90. The van der Waals surface area contributed by atoms with Crippen LogP contribution in [0.2, 0.25) is 0 Å². The molecule has 0 amide bonds. The number of aromatic nitrogens is 1. The SMILES string of the molecule is N#Cc1ccncc1OCC1CCCCC1. The normalized spacial score (nSPS) is 16.7. The second kappa shape index (κ2) is 5.50. The van der Waals surface area contributed by atoms with Gasteiger partial charge in [-0.2, -0.15) is 5.26 Å². The van der Waals surface area contributed by atoms with Crippen molar-refractivity contribution in [2.45, 2.75) is 32.1 Å². The number of nitriles is 1. The summed E-state index contributed by atoms with van der Waals surface area (Å²) in [6, 6.07) is 3.81. The zero-order valence-electron chi connectivity index (χ0n) is 9.35. The molecule has 0 bridgehead atoms. The van der Waals surface area contributed by atoms with Gasteiger partial charge in [0.1, 0.15) is 6.07 Å². The van der Waals surface area contributed by atoms with Crippen LogP contribution in [0.3, 0.4) is 0 Å². The van der Waals surface area contributed by atoms with E-state index in [2.05, 4.69) is 11.1 Å². The van der Waals surface area contributed by atoms with E-state index in [-0.39, 0.29) is 0 Å². The Bertz CT molecular complexity index is 378. The van der Waals surface area contributed by atoms with Crippen molar-refractivity contribution in [2.75, 3.05) is 6.61 Å². The van der Waals surface area contributed by atoms with E-state index >= 15 is 0 Å². The fourth-order valence-corrected chi connectivity index (χ4v) is 2.15. The second-order valence-corrected chi connectivity index (χ2v) is 4.30. The largest absolute Gasteiger partial charge is 0.490 e. The van der Waals surface area contributed by atoms with E-state index in [1.807, 2.05) is 0 Å². The van der Waals surface area contributed by atoms with Crippen molar-refractivity contribution < 1.29 is 4.74 Å². The molecular formula is C13H16N2O. The lowest BCUT2D eigenvalue weighted by atomic mass is 9.90. The fourth-order valence-electron chi connectivity index (χ4n) is 2.15. The molecule has 0 spiro atoms. The van der Waals surface area contributed by atoms with Crippen molar-refractivity contribution in [3.63, 3.8) is 0 Å². The number of hydrogen-bond donors (Lipinski definition) is 0. The van der Waals surface area contributed by atoms with Crippen LogP contribution in [0.4, 0.5) is 0 Å². The molecule has 1 aliphatic rings. The highest BCUT2D eigenvalue weighted by atomic mass is 16.5. The van der Waals surface area contributed by atoms with Crippen molar-refractivity contribution in [2.24, 2.45) is 5.92 Å². The van der Waals surface area contributed by atoms with Gasteiger partial charge >= 0.3 is 0 Å². The number of hydrogen-bond acceptors (Lipinski definition) is 3. The van der Waals surface area contributed by atoms with Gasteiger partial charge in [-0.3, -0.25) is 4.98 Å². The maximum absolute atomic E-state index is 8.90. The van der Waals surface area contributed by atoms with Crippen LogP contribution in [-0.2, 0) is 0 Å². The van der Waals surface area contributed by atoms with Crippen molar-refractivity contribution >= 4 is 0 Å². The van der Waals surface area contributed by atoms with E-state index in [4.69, 9.17) is 10.00 Å². The third kappa shape index (κ3) is 2.73. The third-order valence-corrected chi connectivity index (χ3v) is 3.10. The van der Waals surface area contributed by atoms with Crippen LogP contribution in [0.1, 0.15) is 37.7 Å². The lowest BCUT2D eigenvalue weighted by Crippen LogP contribution is -2.15. The first kappa shape index (κ1) is 10.9. The van der Waals surface area contributed by atoms with Crippen molar-refractivity contribution in [3.05, 3.63) is 24.0 Å². The molecule has 0 aliphatic heterocycles. The molecule has 84 valence electrons. The van der Waals surface area contributed by atoms with Crippen LogP contribution in [-0.4, -0.2) is 11.6 Å². The summed E-state index contributed by atoms with van der Waals surface area (Å²) in [7, 11) is 0. The summed E-state index contributed by atoms with van der Waals surface area (Å²) in [5.74, 6) is 1.27. The summed E-state index contributed by atoms with van der Waals surface area (Å²) in [6.07, 6.45) is 9.73. The Morgan fingerprint density at radius 2 is 2.19 bits per heavy atom. The van der Waals surface area contributed by atoms with Crippen LogP contribution in [0, 0.1) is 17.2 Å². The zero-order valence-corrected chi connectivity index (χ0v) is 9.35. The molecule has 0 atom stereocenters. The minimum absolute atomic E-state index is 0.575. The maximum Gasteiger partial charge on any atom is 0.155 e. The van der Waals surface area contributed by atoms with Gasteiger partial charge in [-0.15, -0.1) is 0 Å². The van der Waals surface area contributed by atoms with E-state index in [1.54, 1.807) is 18.5 Å². The Balaban J connectivity index is 1.91. The highest BCUT2D eigenvalue weighted by Gasteiger charge is 2.14. The Kier molecular flexibility index (Phi) is 3.76. The van der Waals surface area contributed by atoms with Gasteiger partial charge in [-0.1, -0.05) is 19.3 Å². The van der Waals surface area contributed by atoms with Gasteiger partial charge in [0.2, 0.25) is 0 Å². The number of pyridine rings is 1. The molecule has 1 saturated carbocycles. The van der Waals surface area contributed by atoms with E-state index in [9.17, 15) is 0 Å². The van der Waals surface area contributed by atoms with Gasteiger partial charge in [0.25, 0.3) is 0 Å². The first-order chi connectivity index (χ1) is 7.90. The quantitative estimate of drug-likeness (QED) is 0.780. The first-order valence-corrected chi connectivity index (χ1v) is 5.87. The molecule has 1 aromatic rings. The number of ether oxygens (including phenoxy) is 1. The molecule has 0 N–H and O–H groups in total. The predicted molar refractivity (Wildman–Crippen MR) is 61.0 cm³/mol. The molecule has 1 fully saturated rings. The molecule has 16 heavy (non-hydrogen) atoms. The van der Waals surface area contributed by atoms with Gasteiger partial charge < -0.3 is 4.74 Å². The average Bonchev–Trinajstić information content (AvgIpc) is 2.38. The van der Waals surface area contributed by atoms with Crippen LogP contribution >= 0.6 is 0 Å². The summed E-state index contributed by atoms with van der Waals surface area (Å²) in [6.45, 7) is 0.723. The highest BCUT2D eigenvalue weighted by molar-refractivity contribution is 5.40. The predicted octanol–water partition coefficient (Wildman–Crippen LogP) is 2.91. The Morgan fingerprint density at radius 3 is 2.94 bits per heavy atom. The van der Waals surface area contributed by atoms with Crippen molar-refractivity contribution in [1.29, 1.82) is 5.26 Å². The first-order valence-electron chi connectivity index (χ1n) is 5.87. The molecular weight excluding hydrogens is 200 g/mol. The lowest BCUT2D eigenvalue weighted by Gasteiger charge is -2.21. The zero-order chi connectivity index (χ0) is 11.2. The molecule has 3 nitrogen and oxygen atoms in total. The van der Waals surface area contributed by atoms with Crippen LogP contribution in [0.15, 0.2) is 18.5 Å². The molecule has 0 aromatic carbocycles. The highest BCUT2D eigenvalue weighted by Crippen LogP contribution is 2.25. The molecule has 1 aromatic heterocycles. The summed E-state index contributed by atoms with van der Waals surface area (Å²) < 4.78 is 5.68. The van der Waals surface area contributed by atoms with E-state index in [1.165, 1.54) is 32.1 Å². The number of nitrogens with zero attached hydrogens (tertiary/aromatic N) is 2. The van der Waals surface area contributed by atoms with E-state index in [0.717, 1.165) is 6.61 Å². The van der Waals surface area contributed by atoms with Gasteiger partial charge in [-0.05, 0) is 24.8 Å². The summed E-state index contributed by atoms with van der Waals surface area (Å²) >= 11 is 0. The van der Waals surface area contributed by atoms with Gasteiger partial charge in [-0.25, -0.2) is 0 Å². The Labute approximate surface area is 96.1 Å². The molecule has 0 radical (unpaired) electrons. The number of rotatable bonds is 3. The monoisotopic (exact) mass is 216 g/mol. The third-order valence-electron chi connectivity index (χ3n) is 3.10. The van der Waals surface area contributed by atoms with Crippen molar-refractivity contribution in [3.8, 4) is 11.8 Å². The van der Waals surface area contributed by atoms with Gasteiger partial charge in [0, 0.05) is 6.20 Å². The van der Waals surface area contributed by atoms with Crippen LogP contribution in [0.25, 0.3) is 0 Å². The van der Waals surface area contributed by atoms with E-state index in [0.29, 0.717) is 17.2 Å². The minimum Gasteiger partial charge on any atom is -0.490 e. The topological polar surface area (TPSA) is 45.9 Å². The summed E-state index contributed by atoms with van der Waals surface area (Å²) in [5.41, 5.74) is 0.575. The molecule has 0 unspecified atom stereocenters. The molecule has 2 rings (SSSR count). The van der Waals surface area contributed by atoms with Gasteiger partial charge in [0.05, 0.1) is 18.4 Å². The fraction of sp³-hybridized carbons (Fsp3) is 0.538. The Morgan fingerprint density at radius 1 is 1.38 bits per heavy atom. The molecule has 1 heterocycles. The summed E-state index contributed by atoms with van der Waals surface area (Å²) in [5, 5.41) is 8.90. The van der Waals surface area contributed by atoms with Gasteiger partial charge in [0.15, 0.2) is 5.75 Å². The lowest BCUT2D eigenvalue weighted by molar-refractivity contribution is 0.208. The molecule has 3 heteroatoms. The minimum atomic E-state index is 0.575. The average molecular weight is 216 g/mol.